The molecule has 0 saturated carbocycles. The third-order valence-electron chi connectivity index (χ3n) is 6.56. The van der Waals surface area contributed by atoms with Gasteiger partial charge in [-0.2, -0.15) is 0 Å². The fourth-order valence-corrected chi connectivity index (χ4v) is 4.54. The molecule has 0 amide bonds. The van der Waals surface area contributed by atoms with Crippen LogP contribution < -0.4 is 10.5 Å². The normalized spacial score (nSPS) is 23.4. The quantitative estimate of drug-likeness (QED) is 0.201. The summed E-state index contributed by atoms with van der Waals surface area (Å²) in [5, 5.41) is 0.0320. The summed E-state index contributed by atoms with van der Waals surface area (Å²) < 4.78 is 38.7. The number of methoxy groups -OCH3 is 1. The number of ether oxygens (including phenoxy) is 6. The van der Waals surface area contributed by atoms with Crippen molar-refractivity contribution in [1.29, 1.82) is 0 Å². The van der Waals surface area contributed by atoms with Gasteiger partial charge in [-0.25, -0.2) is 4.79 Å². The zero-order valence-electron chi connectivity index (χ0n) is 23.9. The van der Waals surface area contributed by atoms with Gasteiger partial charge in [0, 0.05) is 20.8 Å². The Morgan fingerprint density at radius 1 is 0.923 bits per heavy atom. The molecule has 1 fully saturated rings. The molecule has 0 unspecified atom stereocenters. The van der Waals surface area contributed by atoms with Crippen molar-refractivity contribution in [2.45, 2.75) is 97.0 Å². The van der Waals surface area contributed by atoms with Gasteiger partial charge in [0.25, 0.3) is 0 Å². The number of rotatable bonds is 9. The van der Waals surface area contributed by atoms with Crippen molar-refractivity contribution in [3.05, 3.63) is 23.8 Å². The average Bonchev–Trinajstić information content (AvgIpc) is 2.80. The molecule has 0 aromatic heterocycles. The van der Waals surface area contributed by atoms with E-state index in [9.17, 15) is 19.2 Å². The summed E-state index contributed by atoms with van der Waals surface area (Å²) in [7, 11) is -0.897. The van der Waals surface area contributed by atoms with E-state index in [4.69, 9.17) is 38.6 Å². The molecule has 218 valence electrons. The summed E-state index contributed by atoms with van der Waals surface area (Å²) in [4.78, 5) is 48.3. The first kappa shape index (κ1) is 32.1. The molecule has 2 rings (SSSR count). The predicted molar refractivity (Wildman–Crippen MR) is 141 cm³/mol. The molecule has 5 atom stereocenters. The van der Waals surface area contributed by atoms with Gasteiger partial charge in [-0.1, -0.05) is 26.8 Å². The van der Waals surface area contributed by atoms with Crippen molar-refractivity contribution in [3.63, 3.8) is 0 Å². The molecule has 0 radical (unpaired) electrons. The lowest BCUT2D eigenvalue weighted by Crippen LogP contribution is -2.64. The number of benzene rings is 1. The van der Waals surface area contributed by atoms with E-state index in [0.29, 0.717) is 6.61 Å². The van der Waals surface area contributed by atoms with Crippen LogP contribution in [0.4, 0.5) is 5.69 Å². The van der Waals surface area contributed by atoms with Crippen molar-refractivity contribution in [1.82, 2.24) is 0 Å². The number of esters is 4. The molecule has 1 aromatic rings. The lowest BCUT2D eigenvalue weighted by atomic mass is 9.97. The van der Waals surface area contributed by atoms with Crippen LogP contribution in [0.2, 0.25) is 18.1 Å². The summed E-state index contributed by atoms with van der Waals surface area (Å²) in [6, 6.07) is 5.01. The summed E-state index contributed by atoms with van der Waals surface area (Å²) in [5.74, 6) is -3.14. The third kappa shape index (κ3) is 8.41. The predicted octanol–water partition coefficient (Wildman–Crippen LogP) is 2.86. The maximum atomic E-state index is 12.6. The second-order valence-electron chi connectivity index (χ2n) is 10.7. The second kappa shape index (κ2) is 12.8. The van der Waals surface area contributed by atoms with E-state index in [1.165, 1.54) is 0 Å². The van der Waals surface area contributed by atoms with Crippen LogP contribution in [-0.4, -0.2) is 70.0 Å². The van der Waals surface area contributed by atoms with E-state index in [-0.39, 0.29) is 16.5 Å². The third-order valence-corrected chi connectivity index (χ3v) is 11.0. The number of anilines is 1. The molecular formula is C26H39NO11Si. The van der Waals surface area contributed by atoms with E-state index in [1.807, 2.05) is 0 Å². The van der Waals surface area contributed by atoms with Crippen LogP contribution in [0.3, 0.4) is 0 Å². The first-order valence-corrected chi connectivity index (χ1v) is 15.3. The Balaban J connectivity index is 2.41. The van der Waals surface area contributed by atoms with Gasteiger partial charge in [-0.3, -0.25) is 14.4 Å². The molecule has 0 bridgehead atoms. The second-order valence-corrected chi connectivity index (χ2v) is 15.5. The van der Waals surface area contributed by atoms with E-state index in [2.05, 4.69) is 33.9 Å². The first-order valence-electron chi connectivity index (χ1n) is 12.4. The van der Waals surface area contributed by atoms with Crippen LogP contribution in [-0.2, 0) is 53.9 Å². The van der Waals surface area contributed by atoms with Gasteiger partial charge >= 0.3 is 23.9 Å². The number of hydrogen-bond acceptors (Lipinski definition) is 12. The lowest BCUT2D eigenvalue weighted by Gasteiger charge is -2.43. The minimum atomic E-state index is -2.00. The SMILES string of the molecule is COC(=O)[C@H]1O[C@@H](Oc2ccc(CO[Si](C)(C)C(C)(C)C)cc2N)[C@H](OC(C)=O)[C@@H](OC(C)=O)[C@@H]1OC(C)=O. The van der Waals surface area contributed by atoms with Crippen LogP contribution in [0.1, 0.15) is 47.1 Å². The monoisotopic (exact) mass is 569 g/mol. The lowest BCUT2D eigenvalue weighted by molar-refractivity contribution is -0.282. The van der Waals surface area contributed by atoms with Crippen LogP contribution >= 0.6 is 0 Å². The van der Waals surface area contributed by atoms with E-state index < -0.39 is 62.9 Å². The zero-order chi connectivity index (χ0) is 29.7. The molecule has 0 spiro atoms. The van der Waals surface area contributed by atoms with Gasteiger partial charge < -0.3 is 38.6 Å². The van der Waals surface area contributed by atoms with Crippen molar-refractivity contribution in [2.75, 3.05) is 12.8 Å². The largest absolute Gasteiger partial charge is 0.467 e. The molecule has 39 heavy (non-hydrogen) atoms. The summed E-state index contributed by atoms with van der Waals surface area (Å²) in [6.07, 6.45) is -7.45. The van der Waals surface area contributed by atoms with Gasteiger partial charge in [0.2, 0.25) is 12.4 Å². The number of carbonyl (C=O) groups is 4. The van der Waals surface area contributed by atoms with Crippen molar-refractivity contribution >= 4 is 37.9 Å². The highest BCUT2D eigenvalue weighted by atomic mass is 28.4. The van der Waals surface area contributed by atoms with Gasteiger partial charge in [-0.05, 0) is 35.8 Å². The van der Waals surface area contributed by atoms with Crippen LogP contribution in [0.25, 0.3) is 0 Å². The Kier molecular flexibility index (Phi) is 10.5. The number of carbonyl (C=O) groups excluding carboxylic acids is 4. The molecular weight excluding hydrogens is 530 g/mol. The number of nitrogen functional groups attached to an aromatic ring is 1. The fourth-order valence-electron chi connectivity index (χ4n) is 3.58. The standard InChI is InChI=1S/C26H39NO11Si/c1-14(28)34-20-21(35-15(2)29)23(36-16(3)30)25(38-22(20)24(31)32-7)37-19-11-10-17(12-18(19)27)13-33-39(8,9)26(4,5)6/h10-12,20-23,25H,13,27H2,1-9H3/t20-,21-,22-,23+,25+/m0/s1. The van der Waals surface area contributed by atoms with E-state index in [1.54, 1.807) is 18.2 Å². The maximum Gasteiger partial charge on any atom is 0.339 e. The zero-order valence-corrected chi connectivity index (χ0v) is 24.9. The van der Waals surface area contributed by atoms with Gasteiger partial charge in [0.1, 0.15) is 5.75 Å². The van der Waals surface area contributed by atoms with E-state index in [0.717, 1.165) is 33.4 Å². The topological polar surface area (TPSA) is 159 Å². The van der Waals surface area contributed by atoms with Gasteiger partial charge in [0.05, 0.1) is 19.4 Å². The minimum absolute atomic E-state index is 0.0320. The molecule has 1 aliphatic heterocycles. The van der Waals surface area contributed by atoms with Crippen molar-refractivity contribution in [2.24, 2.45) is 0 Å². The highest BCUT2D eigenvalue weighted by Crippen LogP contribution is 2.38. The van der Waals surface area contributed by atoms with Gasteiger partial charge in [0.15, 0.2) is 26.6 Å². The fraction of sp³-hybridized carbons (Fsp3) is 0.615. The van der Waals surface area contributed by atoms with Crippen LogP contribution in [0.15, 0.2) is 18.2 Å². The minimum Gasteiger partial charge on any atom is -0.467 e. The maximum absolute atomic E-state index is 12.6. The number of nitrogens with two attached hydrogens (primary N) is 1. The van der Waals surface area contributed by atoms with Crippen molar-refractivity contribution < 1.29 is 52.0 Å². The van der Waals surface area contributed by atoms with Crippen LogP contribution in [0, 0.1) is 0 Å². The Bertz CT molecular complexity index is 1070. The summed E-state index contributed by atoms with van der Waals surface area (Å²) in [6.45, 7) is 14.4. The number of hydrogen-bond donors (Lipinski definition) is 1. The van der Waals surface area contributed by atoms with Crippen molar-refractivity contribution in [3.8, 4) is 5.75 Å². The molecule has 1 aromatic carbocycles. The van der Waals surface area contributed by atoms with Gasteiger partial charge in [-0.15, -0.1) is 0 Å². The summed E-state index contributed by atoms with van der Waals surface area (Å²) >= 11 is 0. The molecule has 2 N–H and O–H groups in total. The highest BCUT2D eigenvalue weighted by Gasteiger charge is 2.56. The Labute approximate surface area is 229 Å². The Hall–Kier alpha value is -3.16. The smallest absolute Gasteiger partial charge is 0.339 e. The molecule has 13 heteroatoms. The Morgan fingerprint density at radius 3 is 1.95 bits per heavy atom. The molecule has 1 saturated heterocycles. The molecule has 12 nitrogen and oxygen atoms in total. The highest BCUT2D eigenvalue weighted by molar-refractivity contribution is 6.74. The average molecular weight is 570 g/mol. The first-order chi connectivity index (χ1) is 18.0. The summed E-state index contributed by atoms with van der Waals surface area (Å²) in [5.41, 5.74) is 7.29. The molecule has 0 aliphatic carbocycles. The van der Waals surface area contributed by atoms with Crippen LogP contribution in [0.5, 0.6) is 5.75 Å². The molecule has 1 heterocycles. The Morgan fingerprint density at radius 2 is 1.46 bits per heavy atom. The molecule has 1 aliphatic rings. The van der Waals surface area contributed by atoms with E-state index >= 15 is 0 Å².